The molecule has 0 saturated carbocycles. The molecule has 0 saturated heterocycles. The van der Waals surface area contributed by atoms with E-state index in [0.29, 0.717) is 96.0 Å². The fourth-order valence-electron chi connectivity index (χ4n) is 8.70. The molecule has 0 spiro atoms. The number of methoxy groups -OCH3 is 2. The first-order chi connectivity index (χ1) is 27.5. The average Bonchev–Trinajstić information content (AvgIpc) is 3.68. The third-order valence-electron chi connectivity index (χ3n) is 11.1. The van der Waals surface area contributed by atoms with Crippen LogP contribution in [-0.2, 0) is 27.2 Å². The zero-order valence-electron chi connectivity index (χ0n) is 34.2. The van der Waals surface area contributed by atoms with E-state index in [4.69, 9.17) is 38.9 Å². The number of nitrogens with one attached hydrogen (secondary N) is 2. The number of phenolic OH excluding ortho intramolecular Hbond substituents is 1. The van der Waals surface area contributed by atoms with Crippen LogP contribution in [0.4, 0.5) is 0 Å². The number of carbonyl (C=O) groups excluding carboxylic acids is 2. The molecular formula is C42H56N4O10S. The summed E-state index contributed by atoms with van der Waals surface area (Å²) < 4.78 is 41.7. The van der Waals surface area contributed by atoms with Gasteiger partial charge in [0.05, 0.1) is 26.3 Å². The molecule has 2 unspecified atom stereocenters. The van der Waals surface area contributed by atoms with Crippen LogP contribution in [-0.4, -0.2) is 101 Å². The average molecular weight is 809 g/mol. The van der Waals surface area contributed by atoms with E-state index in [0.717, 1.165) is 34.2 Å². The Labute approximate surface area is 339 Å². The van der Waals surface area contributed by atoms with E-state index in [1.807, 2.05) is 46.2 Å². The second-order valence-electron chi connectivity index (χ2n) is 14.6. The molecule has 57 heavy (non-hydrogen) atoms. The summed E-state index contributed by atoms with van der Waals surface area (Å²) in [6, 6.07) is 3.86. The molecule has 4 atom stereocenters. The summed E-state index contributed by atoms with van der Waals surface area (Å²) in [6.07, 6.45) is 4.15. The van der Waals surface area contributed by atoms with E-state index in [-0.39, 0.29) is 31.2 Å². The first-order valence-corrected chi connectivity index (χ1v) is 20.7. The molecule has 3 aromatic carbocycles. The first kappa shape index (κ1) is 42.2. The van der Waals surface area contributed by atoms with Crippen LogP contribution < -0.4 is 44.8 Å². The smallest absolute Gasteiger partial charge is 0.327 e. The zero-order valence-corrected chi connectivity index (χ0v) is 35.0. The third-order valence-corrected chi connectivity index (χ3v) is 11.8. The molecule has 310 valence electrons. The summed E-state index contributed by atoms with van der Waals surface area (Å²) in [7, 11) is 5.02. The molecule has 3 heterocycles. The number of esters is 2. The second kappa shape index (κ2) is 18.5. The van der Waals surface area contributed by atoms with E-state index in [2.05, 4.69) is 21.6 Å². The zero-order chi connectivity index (χ0) is 41.0. The van der Waals surface area contributed by atoms with Gasteiger partial charge in [-0.2, -0.15) is 11.8 Å². The van der Waals surface area contributed by atoms with Crippen molar-refractivity contribution in [3.8, 4) is 40.2 Å². The van der Waals surface area contributed by atoms with E-state index < -0.39 is 24.0 Å². The maximum atomic E-state index is 14.4. The Bertz CT molecular complexity index is 1980. The number of fused-ring (bicyclic) bond motifs is 3. The van der Waals surface area contributed by atoms with E-state index >= 15 is 0 Å². The number of aryl methyl sites for hydroxylation is 2. The molecule has 0 aliphatic carbocycles. The molecule has 0 aromatic heterocycles. The highest BCUT2D eigenvalue weighted by molar-refractivity contribution is 7.98. The number of hydrogen-bond donors (Lipinski definition) is 4. The van der Waals surface area contributed by atoms with Gasteiger partial charge in [0, 0.05) is 54.1 Å². The summed E-state index contributed by atoms with van der Waals surface area (Å²) in [4.78, 5) is 29.2. The molecule has 15 heteroatoms. The van der Waals surface area contributed by atoms with Crippen LogP contribution >= 0.6 is 11.8 Å². The summed E-state index contributed by atoms with van der Waals surface area (Å²) in [5.41, 5.74) is 12.1. The van der Waals surface area contributed by atoms with E-state index in [9.17, 15) is 14.7 Å². The van der Waals surface area contributed by atoms with Gasteiger partial charge < -0.3 is 54.6 Å². The third kappa shape index (κ3) is 8.31. The number of rotatable bonds is 14. The number of benzene rings is 3. The van der Waals surface area contributed by atoms with Crippen molar-refractivity contribution in [1.82, 2.24) is 15.5 Å². The number of aromatic hydroxyl groups is 1. The Morgan fingerprint density at radius 3 is 2.51 bits per heavy atom. The number of nitrogens with zero attached hydrogens (tertiary/aromatic N) is 1. The fraction of sp³-hybridized carbons (Fsp3) is 0.524. The van der Waals surface area contributed by atoms with Crippen LogP contribution in [0.2, 0.25) is 0 Å². The number of thioether (sulfide) groups is 1. The number of ether oxygens (including phenoxy) is 7. The van der Waals surface area contributed by atoms with Crippen molar-refractivity contribution < 1.29 is 47.9 Å². The monoisotopic (exact) mass is 808 g/mol. The molecule has 3 aliphatic heterocycles. The summed E-state index contributed by atoms with van der Waals surface area (Å²) >= 11 is 1.68. The van der Waals surface area contributed by atoms with Crippen LogP contribution in [0.15, 0.2) is 18.2 Å². The van der Waals surface area contributed by atoms with Crippen LogP contribution in [0, 0.1) is 20.8 Å². The largest absolute Gasteiger partial charge is 0.504 e. The lowest BCUT2D eigenvalue weighted by atomic mass is 9.85. The summed E-state index contributed by atoms with van der Waals surface area (Å²) in [6.45, 7) is 8.79. The van der Waals surface area contributed by atoms with Gasteiger partial charge in [-0.3, -0.25) is 9.69 Å². The standard InChI is InChI=1S/C42H56N4O10S/c1-22-16-27-10-9-14-46(30(20-57-8)36(44-5)34(27)37(48)38(22)51-7)29(33-23(2)39(56-25(4)47)24(3)40-41(33)55-21-54-40)19-53-42(49)35-28-18-31(50-6)32(52-15-12-43)17-26(28)11-13-45-35/h16-18,29-30,35-36,44-45,48H,9-15,19-21,43H2,1-8H3/t29-,30?,35?,36-/m0/s1. The molecule has 5 N–H and O–H groups in total. The second-order valence-corrected chi connectivity index (χ2v) is 15.5. The first-order valence-electron chi connectivity index (χ1n) is 19.3. The number of phenols is 1. The Kier molecular flexibility index (Phi) is 13.7. The number of hydrogen-bond acceptors (Lipinski definition) is 15. The number of nitrogens with two attached hydrogens (primary N) is 1. The molecule has 0 fully saturated rings. The normalized spacial score (nSPS) is 19.4. The van der Waals surface area contributed by atoms with Gasteiger partial charge in [-0.05, 0) is 94.3 Å². The van der Waals surface area contributed by atoms with E-state index in [1.54, 1.807) is 26.0 Å². The van der Waals surface area contributed by atoms with Gasteiger partial charge in [0.2, 0.25) is 6.79 Å². The minimum Gasteiger partial charge on any atom is -0.504 e. The maximum Gasteiger partial charge on any atom is 0.327 e. The van der Waals surface area contributed by atoms with Crippen molar-refractivity contribution in [2.75, 3.05) is 72.9 Å². The van der Waals surface area contributed by atoms with Gasteiger partial charge in [0.25, 0.3) is 0 Å². The molecule has 0 radical (unpaired) electrons. The molecule has 3 aromatic rings. The lowest BCUT2D eigenvalue weighted by Gasteiger charge is -2.44. The molecule has 0 amide bonds. The molecule has 3 aliphatic rings. The Balaban J connectivity index is 1.47. The van der Waals surface area contributed by atoms with Crippen molar-refractivity contribution in [3.63, 3.8) is 0 Å². The van der Waals surface area contributed by atoms with Crippen molar-refractivity contribution >= 4 is 23.7 Å². The molecule has 14 nitrogen and oxygen atoms in total. The van der Waals surface area contributed by atoms with Gasteiger partial charge in [0.15, 0.2) is 34.5 Å². The highest BCUT2D eigenvalue weighted by Crippen LogP contribution is 2.51. The molecule has 0 bridgehead atoms. The van der Waals surface area contributed by atoms with Crippen LogP contribution in [0.1, 0.15) is 76.0 Å². The highest BCUT2D eigenvalue weighted by Gasteiger charge is 2.42. The van der Waals surface area contributed by atoms with Crippen LogP contribution in [0.3, 0.4) is 0 Å². The van der Waals surface area contributed by atoms with Gasteiger partial charge >= 0.3 is 11.9 Å². The predicted molar refractivity (Wildman–Crippen MR) is 217 cm³/mol. The van der Waals surface area contributed by atoms with E-state index in [1.165, 1.54) is 6.92 Å². The summed E-state index contributed by atoms with van der Waals surface area (Å²) in [5, 5.41) is 18.7. The maximum absolute atomic E-state index is 14.4. The Hall–Kier alpha value is -4.41. The fourth-order valence-corrected chi connectivity index (χ4v) is 9.43. The van der Waals surface area contributed by atoms with Crippen molar-refractivity contribution in [2.45, 2.75) is 71.1 Å². The van der Waals surface area contributed by atoms with Crippen molar-refractivity contribution in [2.24, 2.45) is 5.73 Å². The molecule has 6 rings (SSSR count). The Morgan fingerprint density at radius 2 is 1.82 bits per heavy atom. The van der Waals surface area contributed by atoms with Crippen molar-refractivity contribution in [3.05, 3.63) is 62.7 Å². The molecular weight excluding hydrogens is 753 g/mol. The number of carbonyl (C=O) groups is 2. The lowest BCUT2D eigenvalue weighted by Crippen LogP contribution is -2.50. The highest BCUT2D eigenvalue weighted by atomic mass is 32.2. The SMILES string of the molecule is CN[C@@H]1c2c(cc(C)c(OC)c2O)CCCN([C@@H](COC(=O)C2NCCc3cc(OCCN)c(OC)cc32)c2c(C)c(OC(C)=O)c(C)c3c2OCO3)C1CSC. The van der Waals surface area contributed by atoms with Crippen LogP contribution in [0.5, 0.6) is 40.2 Å². The van der Waals surface area contributed by atoms with Gasteiger partial charge in [-0.15, -0.1) is 0 Å². The topological polar surface area (TPSA) is 172 Å². The Morgan fingerprint density at radius 1 is 1.05 bits per heavy atom. The minimum absolute atomic E-state index is 0.0198. The van der Waals surface area contributed by atoms with Gasteiger partial charge in [0.1, 0.15) is 25.0 Å². The summed E-state index contributed by atoms with van der Waals surface area (Å²) in [5.74, 6) is 2.71. The van der Waals surface area contributed by atoms with Crippen LogP contribution in [0.25, 0.3) is 0 Å². The van der Waals surface area contributed by atoms with Gasteiger partial charge in [-0.25, -0.2) is 4.79 Å². The minimum atomic E-state index is -0.771. The quantitative estimate of drug-likeness (QED) is 0.130. The lowest BCUT2D eigenvalue weighted by molar-refractivity contribution is -0.149. The predicted octanol–water partition coefficient (Wildman–Crippen LogP) is 4.74. The number of likely N-dealkylation sites (N-methyl/N-ethyl adjacent to an activating group) is 1. The van der Waals surface area contributed by atoms with Crippen molar-refractivity contribution in [1.29, 1.82) is 0 Å². The van der Waals surface area contributed by atoms with Gasteiger partial charge in [-0.1, -0.05) is 6.07 Å².